The van der Waals surface area contributed by atoms with Crippen molar-refractivity contribution in [1.82, 2.24) is 0 Å². The van der Waals surface area contributed by atoms with E-state index in [1.54, 1.807) is 0 Å². The topological polar surface area (TPSA) is 26.3 Å². The van der Waals surface area contributed by atoms with Gasteiger partial charge in [0.1, 0.15) is 0 Å². The molecule has 0 aliphatic carbocycles. The predicted molar refractivity (Wildman–Crippen MR) is 47.3 cm³/mol. The Morgan fingerprint density at radius 1 is 1.58 bits per heavy atom. The molecule has 2 nitrogen and oxygen atoms in total. The quantitative estimate of drug-likeness (QED) is 0.652. The van der Waals surface area contributed by atoms with Gasteiger partial charge in [0.2, 0.25) is 5.78 Å². The maximum atomic E-state index is 11.5. The Labute approximate surface area is 74.5 Å². The molecular weight excluding hydrogens is 172 g/mol. The first-order valence-electron chi connectivity index (χ1n) is 3.79. The number of ketones is 1. The van der Waals surface area contributed by atoms with Crippen LogP contribution in [0.2, 0.25) is 0 Å². The minimum atomic E-state index is 0.0162. The number of allylic oxidation sites excluding steroid dienone is 1. The molecule has 0 fully saturated rings. The second-order valence-electron chi connectivity index (χ2n) is 2.51. The third-order valence-electron chi connectivity index (χ3n) is 1.67. The predicted octanol–water partition coefficient (Wildman–Crippen LogP) is 2.24. The van der Waals surface area contributed by atoms with Crippen molar-refractivity contribution >= 4 is 17.1 Å². The van der Waals surface area contributed by atoms with Crippen LogP contribution in [0, 0.1) is 0 Å². The van der Waals surface area contributed by atoms with E-state index < -0.39 is 0 Å². The summed E-state index contributed by atoms with van der Waals surface area (Å²) in [5.74, 6) is 0.528. The van der Waals surface area contributed by atoms with Crippen molar-refractivity contribution in [2.75, 3.05) is 6.61 Å². The molecule has 1 aromatic heterocycles. The van der Waals surface area contributed by atoms with Crippen LogP contribution in [-0.2, 0) is 4.74 Å². The lowest BCUT2D eigenvalue weighted by Gasteiger charge is -1.98. The Morgan fingerprint density at radius 2 is 2.50 bits per heavy atom. The highest BCUT2D eigenvalue weighted by Gasteiger charge is 2.17. The molecule has 0 aromatic carbocycles. The van der Waals surface area contributed by atoms with E-state index >= 15 is 0 Å². The molecule has 2 rings (SSSR count). The molecule has 0 saturated heterocycles. The van der Waals surface area contributed by atoms with Crippen molar-refractivity contribution in [3.63, 3.8) is 0 Å². The number of thiophene rings is 1. The first kappa shape index (κ1) is 7.55. The van der Waals surface area contributed by atoms with Crippen LogP contribution in [0.5, 0.6) is 0 Å². The lowest BCUT2D eigenvalue weighted by molar-refractivity contribution is 0.0946. The summed E-state index contributed by atoms with van der Waals surface area (Å²) in [5.41, 5.74) is 0. The minimum Gasteiger partial charge on any atom is -0.489 e. The molecule has 12 heavy (non-hydrogen) atoms. The van der Waals surface area contributed by atoms with Gasteiger partial charge in [-0.1, -0.05) is 6.07 Å². The Balaban J connectivity index is 2.20. The van der Waals surface area contributed by atoms with E-state index in [4.69, 9.17) is 4.74 Å². The highest BCUT2D eigenvalue weighted by atomic mass is 32.1. The Bertz CT molecular complexity index is 311. The van der Waals surface area contributed by atoms with Crippen LogP contribution in [0.25, 0.3) is 0 Å². The molecule has 1 aromatic rings. The largest absolute Gasteiger partial charge is 0.489 e. The monoisotopic (exact) mass is 180 g/mol. The summed E-state index contributed by atoms with van der Waals surface area (Å²) < 4.78 is 5.16. The van der Waals surface area contributed by atoms with Crippen molar-refractivity contribution in [3.8, 4) is 0 Å². The maximum Gasteiger partial charge on any atom is 0.237 e. The third-order valence-corrected chi connectivity index (χ3v) is 2.54. The molecule has 0 unspecified atom stereocenters. The summed E-state index contributed by atoms with van der Waals surface area (Å²) in [6, 6.07) is 3.68. The standard InChI is InChI=1S/C9H8O2S/c10-9(7-3-1-5-11-7)8-4-2-6-12-8/h2-4,6H,1,5H2. The first-order chi connectivity index (χ1) is 5.88. The summed E-state index contributed by atoms with van der Waals surface area (Å²) in [6.07, 6.45) is 2.70. The molecule has 0 saturated carbocycles. The van der Waals surface area contributed by atoms with E-state index in [0.29, 0.717) is 12.4 Å². The molecule has 0 N–H and O–H groups in total. The molecule has 0 atom stereocenters. The second kappa shape index (κ2) is 3.11. The third kappa shape index (κ3) is 1.28. The van der Waals surface area contributed by atoms with Crippen LogP contribution in [0.4, 0.5) is 0 Å². The van der Waals surface area contributed by atoms with E-state index in [2.05, 4.69) is 0 Å². The zero-order chi connectivity index (χ0) is 8.39. The van der Waals surface area contributed by atoms with E-state index in [-0.39, 0.29) is 5.78 Å². The van der Waals surface area contributed by atoms with Crippen molar-refractivity contribution < 1.29 is 9.53 Å². The van der Waals surface area contributed by atoms with Gasteiger partial charge < -0.3 is 4.74 Å². The van der Waals surface area contributed by atoms with Gasteiger partial charge in [0.25, 0.3) is 0 Å². The van der Waals surface area contributed by atoms with Gasteiger partial charge in [0.05, 0.1) is 11.5 Å². The van der Waals surface area contributed by atoms with Gasteiger partial charge in [0.15, 0.2) is 5.76 Å². The van der Waals surface area contributed by atoms with Gasteiger partial charge in [-0.15, -0.1) is 11.3 Å². The van der Waals surface area contributed by atoms with Gasteiger partial charge in [-0.2, -0.15) is 0 Å². The Kier molecular flexibility index (Phi) is 1.96. The zero-order valence-electron chi connectivity index (χ0n) is 6.45. The number of hydrogen-bond acceptors (Lipinski definition) is 3. The lowest BCUT2D eigenvalue weighted by atomic mass is 10.2. The van der Waals surface area contributed by atoms with Crippen LogP contribution in [0.15, 0.2) is 29.3 Å². The fourth-order valence-corrected chi connectivity index (χ4v) is 1.77. The first-order valence-corrected chi connectivity index (χ1v) is 4.67. The molecule has 0 radical (unpaired) electrons. The molecule has 0 bridgehead atoms. The maximum absolute atomic E-state index is 11.5. The molecule has 0 spiro atoms. The number of hydrogen-bond donors (Lipinski definition) is 0. The van der Waals surface area contributed by atoms with Crippen molar-refractivity contribution in [3.05, 3.63) is 34.2 Å². The normalized spacial score (nSPS) is 15.5. The van der Waals surface area contributed by atoms with Crippen LogP contribution in [-0.4, -0.2) is 12.4 Å². The summed E-state index contributed by atoms with van der Waals surface area (Å²) in [6.45, 7) is 0.645. The average molecular weight is 180 g/mol. The zero-order valence-corrected chi connectivity index (χ0v) is 7.26. The fourth-order valence-electron chi connectivity index (χ4n) is 1.11. The van der Waals surface area contributed by atoms with Gasteiger partial charge in [-0.3, -0.25) is 4.79 Å². The number of rotatable bonds is 2. The van der Waals surface area contributed by atoms with Crippen LogP contribution < -0.4 is 0 Å². The van der Waals surface area contributed by atoms with Gasteiger partial charge in [-0.05, 0) is 17.5 Å². The Morgan fingerprint density at radius 3 is 3.08 bits per heavy atom. The number of carbonyl (C=O) groups is 1. The number of carbonyl (C=O) groups excluding carboxylic acids is 1. The molecule has 3 heteroatoms. The van der Waals surface area contributed by atoms with Crippen molar-refractivity contribution in [2.24, 2.45) is 0 Å². The van der Waals surface area contributed by atoms with E-state index in [9.17, 15) is 4.79 Å². The SMILES string of the molecule is O=C(C1=CCCO1)c1cccs1. The van der Waals surface area contributed by atoms with Crippen LogP contribution >= 0.6 is 11.3 Å². The summed E-state index contributed by atoms with van der Waals surface area (Å²) in [4.78, 5) is 12.3. The van der Waals surface area contributed by atoms with Crippen LogP contribution in [0.1, 0.15) is 16.1 Å². The molecule has 62 valence electrons. The molecular formula is C9H8O2S. The average Bonchev–Trinajstić information content (AvgIpc) is 2.77. The van der Waals surface area contributed by atoms with Crippen molar-refractivity contribution in [2.45, 2.75) is 6.42 Å². The lowest BCUT2D eigenvalue weighted by Crippen LogP contribution is -2.00. The molecule has 1 aliphatic heterocycles. The van der Waals surface area contributed by atoms with Gasteiger partial charge in [-0.25, -0.2) is 0 Å². The highest BCUT2D eigenvalue weighted by Crippen LogP contribution is 2.18. The second-order valence-corrected chi connectivity index (χ2v) is 3.46. The fraction of sp³-hybridized carbons (Fsp3) is 0.222. The van der Waals surface area contributed by atoms with Gasteiger partial charge in [0, 0.05) is 6.42 Å². The summed E-state index contributed by atoms with van der Waals surface area (Å²) >= 11 is 1.45. The highest BCUT2D eigenvalue weighted by molar-refractivity contribution is 7.12. The Hall–Kier alpha value is -1.09. The molecule has 1 aliphatic rings. The summed E-state index contributed by atoms with van der Waals surface area (Å²) in [5, 5.41) is 1.89. The smallest absolute Gasteiger partial charge is 0.237 e. The van der Waals surface area contributed by atoms with Crippen molar-refractivity contribution in [1.29, 1.82) is 0 Å². The van der Waals surface area contributed by atoms with E-state index in [0.717, 1.165) is 11.3 Å². The van der Waals surface area contributed by atoms with Gasteiger partial charge >= 0.3 is 0 Å². The van der Waals surface area contributed by atoms with Crippen LogP contribution in [0.3, 0.4) is 0 Å². The minimum absolute atomic E-state index is 0.0162. The molecule has 2 heterocycles. The number of Topliss-reactive ketones (excluding diaryl/α,β-unsaturated/α-hetero) is 1. The van der Waals surface area contributed by atoms with E-state index in [1.165, 1.54) is 11.3 Å². The number of ether oxygens (including phenoxy) is 1. The molecule has 0 amide bonds. The van der Waals surface area contributed by atoms with E-state index in [1.807, 2.05) is 23.6 Å². The summed E-state index contributed by atoms with van der Waals surface area (Å²) in [7, 11) is 0.